The number of thioether (sulfide) groups is 2. The Labute approximate surface area is 132 Å². The number of imidazole rings is 1. The fraction of sp³-hybridized carbons (Fsp3) is 0.615. The van der Waals surface area contributed by atoms with Crippen molar-refractivity contribution in [1.82, 2.24) is 19.3 Å². The smallest absolute Gasteiger partial charge is 0.313 e. The second-order valence-electron chi connectivity index (χ2n) is 4.67. The molecule has 1 N–H and O–H groups in total. The number of hydrogen-bond donors (Lipinski definition) is 1. The van der Waals surface area contributed by atoms with Gasteiger partial charge in [-0.1, -0.05) is 18.7 Å². The molecule has 0 fully saturated rings. The molecule has 2 rings (SSSR count). The van der Waals surface area contributed by atoms with E-state index in [1.165, 1.54) is 11.8 Å². The minimum atomic E-state index is -0.823. The van der Waals surface area contributed by atoms with Gasteiger partial charge in [0.15, 0.2) is 10.8 Å². The lowest BCUT2D eigenvalue weighted by molar-refractivity contribution is -0.133. The van der Waals surface area contributed by atoms with Gasteiger partial charge in [0.25, 0.3) is 0 Å². The molecule has 0 aliphatic rings. The second-order valence-corrected chi connectivity index (χ2v) is 6.60. The van der Waals surface area contributed by atoms with Crippen LogP contribution in [0, 0.1) is 0 Å². The van der Waals surface area contributed by atoms with Crippen LogP contribution in [0.3, 0.4) is 0 Å². The molecule has 8 heteroatoms. The number of carboxylic acid groups (broad SMARTS) is 1. The maximum absolute atomic E-state index is 10.8. The molecule has 0 spiro atoms. The maximum Gasteiger partial charge on any atom is 0.313 e. The van der Waals surface area contributed by atoms with Crippen LogP contribution in [0.15, 0.2) is 5.16 Å². The van der Waals surface area contributed by atoms with Crippen LogP contribution in [0.1, 0.15) is 19.0 Å². The normalized spacial score (nSPS) is 11.4. The summed E-state index contributed by atoms with van der Waals surface area (Å²) >= 11 is 3.09. The van der Waals surface area contributed by atoms with Gasteiger partial charge in [-0.15, -0.1) is 0 Å². The van der Waals surface area contributed by atoms with E-state index >= 15 is 0 Å². The molecule has 6 nitrogen and oxygen atoms in total. The number of rotatable bonds is 8. The number of fused-ring (bicyclic) bond motifs is 1. The Kier molecular flexibility index (Phi) is 5.58. The maximum atomic E-state index is 10.8. The monoisotopic (exact) mass is 328 g/mol. The molecule has 0 aliphatic heterocycles. The van der Waals surface area contributed by atoms with E-state index in [0.29, 0.717) is 0 Å². The highest BCUT2D eigenvalue weighted by Gasteiger charge is 2.19. The summed E-state index contributed by atoms with van der Waals surface area (Å²) in [5.41, 5.74) is 2.85. The first kappa shape index (κ1) is 16.2. The molecule has 2 aromatic rings. The molecule has 21 heavy (non-hydrogen) atoms. The average molecular weight is 328 g/mol. The van der Waals surface area contributed by atoms with Crippen LogP contribution in [-0.2, 0) is 24.8 Å². The predicted molar refractivity (Wildman–Crippen MR) is 87.2 cm³/mol. The van der Waals surface area contributed by atoms with Crippen LogP contribution in [0.4, 0.5) is 0 Å². The molecule has 0 saturated carbocycles. The first-order valence-electron chi connectivity index (χ1n) is 6.84. The Bertz CT molecular complexity index is 636. The molecule has 0 aromatic carbocycles. The number of aromatic nitrogens is 4. The van der Waals surface area contributed by atoms with Crippen molar-refractivity contribution in [3.63, 3.8) is 0 Å². The van der Waals surface area contributed by atoms with E-state index in [1.54, 1.807) is 0 Å². The quantitative estimate of drug-likeness (QED) is 0.592. The van der Waals surface area contributed by atoms with E-state index < -0.39 is 5.97 Å². The van der Waals surface area contributed by atoms with Crippen molar-refractivity contribution in [3.8, 4) is 0 Å². The number of aliphatic carboxylic acids is 1. The zero-order valence-corrected chi connectivity index (χ0v) is 14.1. The van der Waals surface area contributed by atoms with Crippen LogP contribution in [0.25, 0.3) is 11.2 Å². The van der Waals surface area contributed by atoms with Crippen molar-refractivity contribution in [1.29, 1.82) is 0 Å². The number of nitrogens with zero attached hydrogens (tertiary/aromatic N) is 4. The molecular weight excluding hydrogens is 308 g/mol. The van der Waals surface area contributed by atoms with Crippen LogP contribution in [0.2, 0.25) is 0 Å². The Balaban J connectivity index is 2.39. The first-order chi connectivity index (χ1) is 10.1. The zero-order chi connectivity index (χ0) is 15.4. The summed E-state index contributed by atoms with van der Waals surface area (Å²) in [7, 11) is 1.92. The van der Waals surface area contributed by atoms with Gasteiger partial charge in [0.1, 0.15) is 5.52 Å². The zero-order valence-electron chi connectivity index (χ0n) is 12.5. The van der Waals surface area contributed by atoms with Gasteiger partial charge in [-0.2, -0.15) is 16.9 Å². The summed E-state index contributed by atoms with van der Waals surface area (Å²) < 4.78 is 3.95. The summed E-state index contributed by atoms with van der Waals surface area (Å²) in [5, 5.41) is 14.2. The Morgan fingerprint density at radius 1 is 1.43 bits per heavy atom. The van der Waals surface area contributed by atoms with Gasteiger partial charge in [-0.25, -0.2) is 4.98 Å². The van der Waals surface area contributed by atoms with Crippen molar-refractivity contribution >= 4 is 40.7 Å². The molecule has 2 aromatic heterocycles. The largest absolute Gasteiger partial charge is 0.481 e. The van der Waals surface area contributed by atoms with E-state index in [2.05, 4.69) is 27.8 Å². The molecule has 2 heterocycles. The second kappa shape index (κ2) is 7.22. The van der Waals surface area contributed by atoms with E-state index in [4.69, 9.17) is 5.11 Å². The molecule has 0 unspecified atom stereocenters. The fourth-order valence-electron chi connectivity index (χ4n) is 2.26. The minimum absolute atomic E-state index is 0.0285. The van der Waals surface area contributed by atoms with Gasteiger partial charge in [0.2, 0.25) is 0 Å². The molecule has 0 amide bonds. The highest BCUT2D eigenvalue weighted by molar-refractivity contribution is 7.99. The lowest BCUT2D eigenvalue weighted by Gasteiger charge is -2.08. The Morgan fingerprint density at radius 3 is 2.81 bits per heavy atom. The number of carbonyl (C=O) groups is 1. The number of carboxylic acids is 1. The number of aryl methyl sites for hydroxylation is 3. The van der Waals surface area contributed by atoms with Crippen molar-refractivity contribution in [2.24, 2.45) is 7.05 Å². The highest BCUT2D eigenvalue weighted by Crippen LogP contribution is 2.26. The molecular formula is C13H20N4O2S2. The Morgan fingerprint density at radius 2 is 2.19 bits per heavy atom. The van der Waals surface area contributed by atoms with Gasteiger partial charge in [0, 0.05) is 13.6 Å². The number of hydrogen-bond acceptors (Lipinski definition) is 5. The third-order valence-corrected chi connectivity index (χ3v) is 4.80. The molecule has 0 bridgehead atoms. The van der Waals surface area contributed by atoms with Crippen LogP contribution < -0.4 is 0 Å². The SMILES string of the molecule is CCc1nn(C)c2c1nc(SCC(=O)O)n2CCCSC. The first-order valence-corrected chi connectivity index (χ1v) is 9.22. The van der Waals surface area contributed by atoms with Crippen molar-refractivity contribution < 1.29 is 9.90 Å². The van der Waals surface area contributed by atoms with E-state index in [0.717, 1.165) is 47.2 Å². The lowest BCUT2D eigenvalue weighted by Crippen LogP contribution is -2.07. The van der Waals surface area contributed by atoms with Gasteiger partial charge < -0.3 is 9.67 Å². The third kappa shape index (κ3) is 3.55. The van der Waals surface area contributed by atoms with Crippen LogP contribution in [-0.4, -0.2) is 48.2 Å². The summed E-state index contributed by atoms with van der Waals surface area (Å²) in [5.74, 6) is 0.277. The minimum Gasteiger partial charge on any atom is -0.481 e. The summed E-state index contributed by atoms with van der Waals surface area (Å²) in [4.78, 5) is 15.4. The van der Waals surface area contributed by atoms with Gasteiger partial charge in [-0.05, 0) is 24.9 Å². The lowest BCUT2D eigenvalue weighted by atomic mass is 10.3. The average Bonchev–Trinajstić information content (AvgIpc) is 2.95. The summed E-state index contributed by atoms with van der Waals surface area (Å²) in [6.07, 6.45) is 3.94. The van der Waals surface area contributed by atoms with Crippen LogP contribution in [0.5, 0.6) is 0 Å². The molecule has 0 radical (unpaired) electrons. The fourth-order valence-corrected chi connectivity index (χ4v) is 3.42. The predicted octanol–water partition coefficient (Wildman–Crippen LogP) is 2.26. The third-order valence-electron chi connectivity index (χ3n) is 3.15. The van der Waals surface area contributed by atoms with Crippen molar-refractivity contribution in [2.45, 2.75) is 31.5 Å². The topological polar surface area (TPSA) is 72.9 Å². The molecule has 116 valence electrons. The molecule has 0 aliphatic carbocycles. The molecule has 0 saturated heterocycles. The summed E-state index contributed by atoms with van der Waals surface area (Å²) in [6.45, 7) is 2.89. The Hall–Kier alpha value is -1.15. The van der Waals surface area contributed by atoms with E-state index in [1.807, 2.05) is 23.5 Å². The standard InChI is InChI=1S/C13H20N4O2S2/c1-4-9-11-12(16(2)15-9)17(6-5-7-20-3)13(14-11)21-8-10(18)19/h4-8H2,1-3H3,(H,18,19). The van der Waals surface area contributed by atoms with Gasteiger partial charge >= 0.3 is 5.97 Å². The van der Waals surface area contributed by atoms with Gasteiger partial charge in [0.05, 0.1) is 11.4 Å². The van der Waals surface area contributed by atoms with E-state index in [9.17, 15) is 4.79 Å². The van der Waals surface area contributed by atoms with Gasteiger partial charge in [-0.3, -0.25) is 9.48 Å². The molecule has 0 atom stereocenters. The summed E-state index contributed by atoms with van der Waals surface area (Å²) in [6, 6.07) is 0. The van der Waals surface area contributed by atoms with Crippen molar-refractivity contribution in [2.75, 3.05) is 17.8 Å². The highest BCUT2D eigenvalue weighted by atomic mass is 32.2. The van der Waals surface area contributed by atoms with Crippen molar-refractivity contribution in [3.05, 3.63) is 5.69 Å². The van der Waals surface area contributed by atoms with E-state index in [-0.39, 0.29) is 5.75 Å². The van der Waals surface area contributed by atoms with Crippen LogP contribution >= 0.6 is 23.5 Å².